The average molecular weight is 356 g/mol. The Balaban J connectivity index is 1.85. The molecule has 132 valence electrons. The fraction of sp³-hybridized carbons (Fsp3) is 0.250. The number of halogens is 4. The fourth-order valence-electron chi connectivity index (χ4n) is 2.32. The van der Waals surface area contributed by atoms with E-state index in [1.54, 1.807) is 12.1 Å². The van der Waals surface area contributed by atoms with Crippen LogP contribution in [0.1, 0.15) is 12.0 Å². The van der Waals surface area contributed by atoms with Gasteiger partial charge in [0.1, 0.15) is 5.82 Å². The standard InChI is InChI=1S/C16H12F4N2O3/c1-24-14-5-3-10(8-21-14)11-4-2-9(6-12(11)17)13-7-15(23,25-22-13)16(18,19)20/h2-6,8,23H,7H2,1H3. The molecule has 0 saturated heterocycles. The third kappa shape index (κ3) is 3.14. The van der Waals surface area contributed by atoms with E-state index < -0.39 is 24.2 Å². The molecule has 0 aliphatic carbocycles. The molecule has 25 heavy (non-hydrogen) atoms. The van der Waals surface area contributed by atoms with E-state index in [1.807, 2.05) is 0 Å². The highest BCUT2D eigenvalue weighted by atomic mass is 19.4. The van der Waals surface area contributed by atoms with Gasteiger partial charge in [0, 0.05) is 29.0 Å². The van der Waals surface area contributed by atoms with Gasteiger partial charge in [-0.25, -0.2) is 9.37 Å². The van der Waals surface area contributed by atoms with Crippen molar-refractivity contribution >= 4 is 5.71 Å². The number of ether oxygens (including phenoxy) is 1. The van der Waals surface area contributed by atoms with Crippen LogP contribution in [0, 0.1) is 5.82 Å². The van der Waals surface area contributed by atoms with Gasteiger partial charge in [0.2, 0.25) is 5.88 Å². The minimum Gasteiger partial charge on any atom is -0.481 e. The number of pyridine rings is 1. The summed E-state index contributed by atoms with van der Waals surface area (Å²) < 4.78 is 57.4. The number of benzene rings is 1. The monoisotopic (exact) mass is 356 g/mol. The van der Waals surface area contributed by atoms with Crippen LogP contribution in [-0.4, -0.2) is 34.9 Å². The van der Waals surface area contributed by atoms with E-state index in [1.165, 1.54) is 25.4 Å². The van der Waals surface area contributed by atoms with E-state index in [-0.39, 0.29) is 16.8 Å². The molecule has 1 atom stereocenters. The van der Waals surface area contributed by atoms with Gasteiger partial charge < -0.3 is 14.7 Å². The summed E-state index contributed by atoms with van der Waals surface area (Å²) in [5.74, 6) is -3.70. The van der Waals surface area contributed by atoms with Crippen LogP contribution < -0.4 is 4.74 Å². The second kappa shape index (κ2) is 5.99. The van der Waals surface area contributed by atoms with Gasteiger partial charge in [-0.2, -0.15) is 13.2 Å². The molecule has 1 aliphatic heterocycles. The largest absolute Gasteiger partial charge is 0.481 e. The number of aliphatic hydroxyl groups is 1. The van der Waals surface area contributed by atoms with Gasteiger partial charge in [-0.05, 0) is 12.1 Å². The van der Waals surface area contributed by atoms with Gasteiger partial charge in [0.05, 0.1) is 19.2 Å². The SMILES string of the molecule is COc1ccc(-c2ccc(C3=NOC(O)(C(F)(F)F)C3)cc2F)cn1. The van der Waals surface area contributed by atoms with Crippen molar-refractivity contribution in [2.45, 2.75) is 18.4 Å². The molecule has 3 rings (SSSR count). The van der Waals surface area contributed by atoms with Crippen LogP contribution >= 0.6 is 0 Å². The zero-order valence-corrected chi connectivity index (χ0v) is 12.8. The maximum Gasteiger partial charge on any atom is 0.458 e. The summed E-state index contributed by atoms with van der Waals surface area (Å²) in [5.41, 5.74) is 0.576. The van der Waals surface area contributed by atoms with Crippen molar-refractivity contribution in [3.05, 3.63) is 47.9 Å². The number of aromatic nitrogens is 1. The van der Waals surface area contributed by atoms with Crippen LogP contribution in [0.25, 0.3) is 11.1 Å². The Kier molecular flexibility index (Phi) is 4.11. The smallest absolute Gasteiger partial charge is 0.458 e. The Labute approximate surface area is 139 Å². The summed E-state index contributed by atoms with van der Waals surface area (Å²) >= 11 is 0. The lowest BCUT2D eigenvalue weighted by Crippen LogP contribution is -2.45. The number of alkyl halides is 3. The Morgan fingerprint density at radius 2 is 1.92 bits per heavy atom. The van der Waals surface area contributed by atoms with Gasteiger partial charge in [-0.1, -0.05) is 17.3 Å². The van der Waals surface area contributed by atoms with Crippen molar-refractivity contribution in [2.24, 2.45) is 5.16 Å². The average Bonchev–Trinajstić information content (AvgIpc) is 2.98. The number of rotatable bonds is 3. The molecule has 1 unspecified atom stereocenters. The number of nitrogens with zero attached hydrogens (tertiary/aromatic N) is 2. The summed E-state index contributed by atoms with van der Waals surface area (Å²) in [6.07, 6.45) is -4.51. The number of hydrogen-bond acceptors (Lipinski definition) is 5. The summed E-state index contributed by atoms with van der Waals surface area (Å²) in [6.45, 7) is 0. The van der Waals surface area contributed by atoms with Crippen molar-refractivity contribution in [1.82, 2.24) is 4.98 Å². The first-order valence-corrected chi connectivity index (χ1v) is 7.08. The van der Waals surface area contributed by atoms with E-state index in [0.717, 1.165) is 6.07 Å². The zero-order chi connectivity index (χ0) is 18.2. The van der Waals surface area contributed by atoms with Crippen molar-refractivity contribution in [3.8, 4) is 17.0 Å². The maximum atomic E-state index is 14.4. The first kappa shape index (κ1) is 17.2. The Morgan fingerprint density at radius 1 is 1.20 bits per heavy atom. The fourth-order valence-corrected chi connectivity index (χ4v) is 2.32. The van der Waals surface area contributed by atoms with Gasteiger partial charge in [0.25, 0.3) is 0 Å². The van der Waals surface area contributed by atoms with E-state index in [2.05, 4.69) is 15.0 Å². The van der Waals surface area contributed by atoms with Crippen molar-refractivity contribution in [3.63, 3.8) is 0 Å². The van der Waals surface area contributed by atoms with Gasteiger partial charge in [0.15, 0.2) is 0 Å². The molecule has 2 heterocycles. The molecule has 5 nitrogen and oxygen atoms in total. The van der Waals surface area contributed by atoms with Crippen LogP contribution in [-0.2, 0) is 4.84 Å². The molecule has 0 fully saturated rings. The highest BCUT2D eigenvalue weighted by Crippen LogP contribution is 2.39. The van der Waals surface area contributed by atoms with E-state index >= 15 is 0 Å². The summed E-state index contributed by atoms with van der Waals surface area (Å²) in [5, 5.41) is 12.7. The van der Waals surface area contributed by atoms with Crippen LogP contribution in [0.2, 0.25) is 0 Å². The Morgan fingerprint density at radius 3 is 2.44 bits per heavy atom. The molecule has 0 bridgehead atoms. The predicted molar refractivity (Wildman–Crippen MR) is 79.4 cm³/mol. The Hall–Kier alpha value is -2.68. The molecular weight excluding hydrogens is 344 g/mol. The second-order valence-electron chi connectivity index (χ2n) is 5.37. The van der Waals surface area contributed by atoms with Gasteiger partial charge in [-0.15, -0.1) is 0 Å². The first-order chi connectivity index (χ1) is 11.7. The van der Waals surface area contributed by atoms with Gasteiger partial charge in [-0.3, -0.25) is 0 Å². The normalized spacial score (nSPS) is 20.2. The molecule has 9 heteroatoms. The number of oxime groups is 1. The Bertz CT molecular complexity index is 821. The zero-order valence-electron chi connectivity index (χ0n) is 12.8. The second-order valence-corrected chi connectivity index (χ2v) is 5.37. The number of hydrogen-bond donors (Lipinski definition) is 1. The predicted octanol–water partition coefficient (Wildman–Crippen LogP) is 3.27. The topological polar surface area (TPSA) is 63.9 Å². The van der Waals surface area contributed by atoms with Gasteiger partial charge >= 0.3 is 12.0 Å². The van der Waals surface area contributed by atoms with Crippen molar-refractivity contribution in [2.75, 3.05) is 7.11 Å². The van der Waals surface area contributed by atoms with E-state index in [9.17, 15) is 22.7 Å². The highest BCUT2D eigenvalue weighted by Gasteiger charge is 2.60. The molecule has 0 saturated carbocycles. The molecular formula is C16H12F4N2O3. The van der Waals surface area contributed by atoms with Crippen LogP contribution in [0.15, 0.2) is 41.7 Å². The highest BCUT2D eigenvalue weighted by molar-refractivity contribution is 6.01. The molecule has 1 aromatic heterocycles. The summed E-state index contributed by atoms with van der Waals surface area (Å²) in [6, 6.07) is 6.97. The lowest BCUT2D eigenvalue weighted by molar-refractivity contribution is -0.355. The van der Waals surface area contributed by atoms with Crippen LogP contribution in [0.3, 0.4) is 0 Å². The van der Waals surface area contributed by atoms with Crippen LogP contribution in [0.5, 0.6) is 5.88 Å². The van der Waals surface area contributed by atoms with E-state index in [0.29, 0.717) is 11.4 Å². The van der Waals surface area contributed by atoms with Crippen molar-refractivity contribution in [1.29, 1.82) is 0 Å². The minimum absolute atomic E-state index is 0.0860. The van der Waals surface area contributed by atoms with Crippen molar-refractivity contribution < 1.29 is 32.2 Å². The molecule has 1 N–H and O–H groups in total. The third-order valence-corrected chi connectivity index (χ3v) is 3.72. The quantitative estimate of drug-likeness (QED) is 0.858. The molecule has 0 radical (unpaired) electrons. The molecule has 0 amide bonds. The lowest BCUT2D eigenvalue weighted by Gasteiger charge is -2.22. The lowest BCUT2D eigenvalue weighted by atomic mass is 9.99. The molecule has 2 aromatic rings. The molecule has 1 aromatic carbocycles. The summed E-state index contributed by atoms with van der Waals surface area (Å²) in [7, 11) is 1.45. The van der Waals surface area contributed by atoms with E-state index in [4.69, 9.17) is 4.74 Å². The first-order valence-electron chi connectivity index (χ1n) is 7.08. The summed E-state index contributed by atoms with van der Waals surface area (Å²) in [4.78, 5) is 8.09. The van der Waals surface area contributed by atoms with Crippen LogP contribution in [0.4, 0.5) is 17.6 Å². The number of methoxy groups -OCH3 is 1. The molecule has 0 spiro atoms. The third-order valence-electron chi connectivity index (χ3n) is 3.72. The minimum atomic E-state index is -5.01. The maximum absolute atomic E-state index is 14.4. The molecule has 1 aliphatic rings.